The molecule has 1 nitrogen and oxygen atoms in total. The molecule has 0 saturated heterocycles. The maximum Gasteiger partial charge on any atom is 0.0726 e. The van der Waals surface area contributed by atoms with Gasteiger partial charge in [-0.3, -0.25) is 0 Å². The highest BCUT2D eigenvalue weighted by atomic mass is 32.1. The summed E-state index contributed by atoms with van der Waals surface area (Å²) in [5.41, 5.74) is 16.1. The maximum absolute atomic E-state index is 2.51. The molecule has 0 radical (unpaired) electrons. The Morgan fingerprint density at radius 1 is 0.364 bits per heavy atom. The highest BCUT2D eigenvalue weighted by Crippen LogP contribution is 2.64. The van der Waals surface area contributed by atoms with E-state index in [0.717, 1.165) is 11.4 Å². The van der Waals surface area contributed by atoms with Gasteiger partial charge in [0.05, 0.1) is 15.8 Å². The minimum Gasteiger partial charge on any atom is -0.309 e. The Kier molecular flexibility index (Phi) is 6.49. The summed E-state index contributed by atoms with van der Waals surface area (Å²) in [6.45, 7) is 0. The van der Waals surface area contributed by atoms with Crippen LogP contribution >= 0.6 is 11.3 Å². The van der Waals surface area contributed by atoms with E-state index < -0.39 is 5.41 Å². The number of benzene rings is 9. The van der Waals surface area contributed by atoms with Crippen molar-refractivity contribution in [2.24, 2.45) is 0 Å². The maximum atomic E-state index is 2.51. The molecule has 1 heterocycles. The van der Waals surface area contributed by atoms with E-state index in [1.807, 2.05) is 11.3 Å². The van der Waals surface area contributed by atoms with E-state index in [-0.39, 0.29) is 0 Å². The number of anilines is 3. The Morgan fingerprint density at radius 2 is 0.945 bits per heavy atom. The highest BCUT2D eigenvalue weighted by molar-refractivity contribution is 7.26. The first-order valence-corrected chi connectivity index (χ1v) is 19.8. The largest absolute Gasteiger partial charge is 0.309 e. The molecule has 1 spiro atoms. The third-order valence-corrected chi connectivity index (χ3v) is 13.3. The zero-order valence-electron chi connectivity index (χ0n) is 29.9. The van der Waals surface area contributed by atoms with Crippen LogP contribution in [0.2, 0.25) is 0 Å². The Labute approximate surface area is 324 Å². The first-order chi connectivity index (χ1) is 27.3. The van der Waals surface area contributed by atoms with Gasteiger partial charge in [-0.1, -0.05) is 152 Å². The molecule has 0 amide bonds. The fourth-order valence-electron chi connectivity index (χ4n) is 9.72. The molecular weight excluding hydrogens is 683 g/mol. The second kappa shape index (κ2) is 11.6. The molecule has 0 saturated carbocycles. The molecule has 2 heteroatoms. The zero-order valence-corrected chi connectivity index (χ0v) is 30.7. The van der Waals surface area contributed by atoms with Crippen LogP contribution in [0.1, 0.15) is 22.3 Å². The molecule has 1 aromatic heterocycles. The smallest absolute Gasteiger partial charge is 0.0726 e. The van der Waals surface area contributed by atoms with Crippen molar-refractivity contribution >= 4 is 59.3 Å². The van der Waals surface area contributed by atoms with E-state index in [4.69, 9.17) is 0 Å². The molecule has 0 aliphatic heterocycles. The minimum atomic E-state index is -0.454. The van der Waals surface area contributed by atoms with Gasteiger partial charge in [-0.15, -0.1) is 11.3 Å². The van der Waals surface area contributed by atoms with E-state index in [2.05, 4.69) is 205 Å². The average Bonchev–Trinajstić information content (AvgIpc) is 3.88. The Balaban J connectivity index is 1.15. The molecule has 2 aliphatic carbocycles. The van der Waals surface area contributed by atoms with Gasteiger partial charge in [-0.2, -0.15) is 0 Å². The third-order valence-electron chi connectivity index (χ3n) is 12.1. The number of fused-ring (bicyclic) bond motifs is 14. The summed E-state index contributed by atoms with van der Waals surface area (Å²) in [4.78, 5) is 2.49. The number of thiophene rings is 1. The van der Waals surface area contributed by atoms with Crippen molar-refractivity contribution in [3.63, 3.8) is 0 Å². The standard InChI is InChI=1S/C53H33NS/c1-2-13-34(14-3-1)35-25-27-38(28-26-35)54(50-23-12-20-44-43-19-8-11-24-51(43)55-52(44)50)39-29-30-42-45-31-36-15-4-5-16-37(36)32-48(45)53(49(42)33-39)46-21-9-6-17-40(46)41-18-7-10-22-47(41)53/h1-33H. The zero-order chi connectivity index (χ0) is 36.1. The lowest BCUT2D eigenvalue weighted by Gasteiger charge is -2.32. The minimum absolute atomic E-state index is 0.454. The fourth-order valence-corrected chi connectivity index (χ4v) is 10.9. The van der Waals surface area contributed by atoms with Crippen LogP contribution in [0, 0.1) is 0 Å². The van der Waals surface area contributed by atoms with Gasteiger partial charge in [0.2, 0.25) is 0 Å². The van der Waals surface area contributed by atoms with Crippen LogP contribution in [0.5, 0.6) is 0 Å². The molecule has 2 aliphatic rings. The molecule has 0 unspecified atom stereocenters. The third kappa shape index (κ3) is 4.29. The number of hydrogen-bond acceptors (Lipinski definition) is 2. The Hall–Kier alpha value is -6.74. The number of rotatable bonds is 4. The van der Waals surface area contributed by atoms with Crippen molar-refractivity contribution in [3.8, 4) is 33.4 Å². The van der Waals surface area contributed by atoms with E-state index in [1.165, 1.54) is 92.3 Å². The summed E-state index contributed by atoms with van der Waals surface area (Å²) in [5, 5.41) is 5.13. The first kappa shape index (κ1) is 30.7. The van der Waals surface area contributed by atoms with E-state index in [1.54, 1.807) is 0 Å². The van der Waals surface area contributed by atoms with Gasteiger partial charge in [0.25, 0.3) is 0 Å². The van der Waals surface area contributed by atoms with E-state index in [0.29, 0.717) is 0 Å². The van der Waals surface area contributed by atoms with Crippen LogP contribution in [0.3, 0.4) is 0 Å². The summed E-state index contributed by atoms with van der Waals surface area (Å²) in [5.74, 6) is 0. The van der Waals surface area contributed by atoms with E-state index >= 15 is 0 Å². The molecule has 256 valence electrons. The summed E-state index contributed by atoms with van der Waals surface area (Å²) in [6.07, 6.45) is 0. The summed E-state index contributed by atoms with van der Waals surface area (Å²) in [7, 11) is 0. The Bertz CT molecular complexity index is 3110. The quantitative estimate of drug-likeness (QED) is 0.175. The second-order valence-corrected chi connectivity index (χ2v) is 15.9. The lowest BCUT2D eigenvalue weighted by Crippen LogP contribution is -2.26. The molecule has 12 rings (SSSR count). The van der Waals surface area contributed by atoms with Crippen molar-refractivity contribution in [3.05, 3.63) is 222 Å². The first-order valence-electron chi connectivity index (χ1n) is 19.0. The summed E-state index contributed by atoms with van der Waals surface area (Å²) in [6, 6.07) is 74.5. The molecule has 55 heavy (non-hydrogen) atoms. The second-order valence-electron chi connectivity index (χ2n) is 14.8. The van der Waals surface area contributed by atoms with Gasteiger partial charge in [0, 0.05) is 26.8 Å². The Morgan fingerprint density at radius 3 is 1.73 bits per heavy atom. The molecular formula is C53H33NS. The van der Waals surface area contributed by atoms with Crippen LogP contribution in [0.4, 0.5) is 17.1 Å². The predicted molar refractivity (Wildman–Crippen MR) is 233 cm³/mol. The SMILES string of the molecule is c1ccc(-c2ccc(N(c3ccc4c(c3)C3(c5ccccc5-c5ccccc53)c3cc5ccccc5cc3-4)c3cccc4c3sc3ccccc34)cc2)cc1. The highest BCUT2D eigenvalue weighted by Gasteiger charge is 2.52. The van der Waals surface area contributed by atoms with Gasteiger partial charge in [-0.05, 0) is 115 Å². The van der Waals surface area contributed by atoms with Crippen LogP contribution in [0.15, 0.2) is 200 Å². The number of nitrogens with zero attached hydrogens (tertiary/aromatic N) is 1. The summed E-state index contributed by atoms with van der Waals surface area (Å²) < 4.78 is 2.59. The summed E-state index contributed by atoms with van der Waals surface area (Å²) >= 11 is 1.88. The van der Waals surface area contributed by atoms with Crippen LogP contribution in [-0.4, -0.2) is 0 Å². The van der Waals surface area contributed by atoms with Crippen molar-refractivity contribution in [2.45, 2.75) is 5.41 Å². The van der Waals surface area contributed by atoms with Crippen LogP contribution in [-0.2, 0) is 5.41 Å². The van der Waals surface area contributed by atoms with Crippen molar-refractivity contribution in [1.29, 1.82) is 0 Å². The van der Waals surface area contributed by atoms with Gasteiger partial charge in [0.15, 0.2) is 0 Å². The lowest BCUT2D eigenvalue weighted by molar-refractivity contribution is 0.795. The van der Waals surface area contributed by atoms with Gasteiger partial charge in [-0.25, -0.2) is 0 Å². The van der Waals surface area contributed by atoms with Gasteiger partial charge in [0.1, 0.15) is 0 Å². The van der Waals surface area contributed by atoms with Crippen molar-refractivity contribution in [2.75, 3.05) is 4.90 Å². The average molecular weight is 716 g/mol. The lowest BCUT2D eigenvalue weighted by atomic mass is 9.70. The fraction of sp³-hybridized carbons (Fsp3) is 0.0189. The van der Waals surface area contributed by atoms with Gasteiger partial charge < -0.3 is 4.90 Å². The monoisotopic (exact) mass is 715 g/mol. The van der Waals surface area contributed by atoms with Crippen LogP contribution < -0.4 is 4.90 Å². The number of hydrogen-bond donors (Lipinski definition) is 0. The molecule has 0 N–H and O–H groups in total. The molecule has 10 aromatic rings. The van der Waals surface area contributed by atoms with Gasteiger partial charge >= 0.3 is 0 Å². The normalized spacial score (nSPS) is 13.2. The predicted octanol–water partition coefficient (Wildman–Crippen LogP) is 14.7. The van der Waals surface area contributed by atoms with Crippen LogP contribution in [0.25, 0.3) is 64.3 Å². The topological polar surface area (TPSA) is 3.24 Å². The van der Waals surface area contributed by atoms with Crippen molar-refractivity contribution in [1.82, 2.24) is 0 Å². The van der Waals surface area contributed by atoms with Crippen molar-refractivity contribution < 1.29 is 0 Å². The molecule has 0 bridgehead atoms. The molecule has 9 aromatic carbocycles. The van der Waals surface area contributed by atoms with E-state index in [9.17, 15) is 0 Å². The molecule has 0 atom stereocenters. The molecule has 0 fully saturated rings.